The molecule has 0 unspecified atom stereocenters. The Morgan fingerprint density at radius 1 is 1.18 bits per heavy atom. The van der Waals surface area contributed by atoms with Crippen molar-refractivity contribution in [2.45, 2.75) is 13.1 Å². The van der Waals surface area contributed by atoms with E-state index in [1.807, 2.05) is 11.3 Å². The van der Waals surface area contributed by atoms with E-state index in [0.29, 0.717) is 0 Å². The minimum absolute atomic E-state index is 1.04. The standard InChI is InChI=1S/C14H16N2S/c1-2-4-12(5-3-1)10-16-8-7-15-14-13(11-16)6-9-17-14/h1-6,9,15H,7-8,10-11H2. The van der Waals surface area contributed by atoms with Crippen LogP contribution in [-0.4, -0.2) is 18.0 Å². The third-order valence-corrected chi connectivity index (χ3v) is 4.02. The van der Waals surface area contributed by atoms with Crippen molar-refractivity contribution in [1.82, 2.24) is 4.90 Å². The van der Waals surface area contributed by atoms with Crippen LogP contribution in [0.3, 0.4) is 0 Å². The molecule has 1 N–H and O–H groups in total. The molecular weight excluding hydrogens is 228 g/mol. The summed E-state index contributed by atoms with van der Waals surface area (Å²) in [5.41, 5.74) is 2.83. The summed E-state index contributed by atoms with van der Waals surface area (Å²) in [5, 5.41) is 7.02. The van der Waals surface area contributed by atoms with Gasteiger partial charge < -0.3 is 5.32 Å². The van der Waals surface area contributed by atoms with Crippen molar-refractivity contribution in [3.63, 3.8) is 0 Å². The van der Waals surface area contributed by atoms with Gasteiger partial charge in [0.15, 0.2) is 0 Å². The van der Waals surface area contributed by atoms with E-state index >= 15 is 0 Å². The molecule has 0 spiro atoms. The molecule has 1 aromatic heterocycles. The van der Waals surface area contributed by atoms with E-state index in [2.05, 4.69) is 52.0 Å². The minimum Gasteiger partial charge on any atom is -0.375 e. The highest BCUT2D eigenvalue weighted by molar-refractivity contribution is 7.14. The van der Waals surface area contributed by atoms with E-state index in [4.69, 9.17) is 0 Å². The molecule has 0 bridgehead atoms. The van der Waals surface area contributed by atoms with Crippen LogP contribution in [0.2, 0.25) is 0 Å². The molecule has 3 heteroatoms. The molecule has 17 heavy (non-hydrogen) atoms. The van der Waals surface area contributed by atoms with Gasteiger partial charge in [-0.2, -0.15) is 0 Å². The third kappa shape index (κ3) is 2.51. The molecule has 2 heterocycles. The van der Waals surface area contributed by atoms with E-state index in [0.717, 1.165) is 26.2 Å². The predicted molar refractivity (Wildman–Crippen MR) is 73.4 cm³/mol. The fraction of sp³-hybridized carbons (Fsp3) is 0.286. The molecule has 0 aliphatic carbocycles. The lowest BCUT2D eigenvalue weighted by atomic mass is 10.2. The van der Waals surface area contributed by atoms with Gasteiger partial charge in [0.1, 0.15) is 0 Å². The SMILES string of the molecule is c1ccc(CN2CCNc3sccc3C2)cc1. The van der Waals surface area contributed by atoms with Gasteiger partial charge in [-0.3, -0.25) is 4.90 Å². The second-order valence-corrected chi connectivity index (χ2v) is 5.31. The summed E-state index contributed by atoms with van der Waals surface area (Å²) in [6.45, 7) is 4.25. The van der Waals surface area contributed by atoms with Crippen molar-refractivity contribution in [2.75, 3.05) is 18.4 Å². The summed E-state index contributed by atoms with van der Waals surface area (Å²) >= 11 is 1.81. The average Bonchev–Trinajstić information content (AvgIpc) is 2.70. The molecule has 1 aliphatic heterocycles. The number of thiophene rings is 1. The summed E-state index contributed by atoms with van der Waals surface area (Å²) in [6.07, 6.45) is 0. The molecule has 0 saturated carbocycles. The van der Waals surface area contributed by atoms with Crippen molar-refractivity contribution in [2.24, 2.45) is 0 Å². The number of hydrogen-bond donors (Lipinski definition) is 1. The van der Waals surface area contributed by atoms with Crippen LogP contribution in [0, 0.1) is 0 Å². The number of nitrogens with zero attached hydrogens (tertiary/aromatic N) is 1. The predicted octanol–water partition coefficient (Wildman–Crippen LogP) is 3.18. The van der Waals surface area contributed by atoms with E-state index in [1.54, 1.807) is 0 Å². The van der Waals surface area contributed by atoms with Gasteiger partial charge in [-0.25, -0.2) is 0 Å². The maximum Gasteiger partial charge on any atom is 0.0928 e. The Morgan fingerprint density at radius 3 is 2.94 bits per heavy atom. The molecule has 1 aromatic carbocycles. The Hall–Kier alpha value is -1.32. The largest absolute Gasteiger partial charge is 0.375 e. The number of hydrogen-bond acceptors (Lipinski definition) is 3. The van der Waals surface area contributed by atoms with E-state index in [1.165, 1.54) is 16.1 Å². The Labute approximate surface area is 106 Å². The van der Waals surface area contributed by atoms with E-state index < -0.39 is 0 Å². The number of benzene rings is 1. The van der Waals surface area contributed by atoms with Crippen molar-refractivity contribution in [3.05, 3.63) is 52.9 Å². The van der Waals surface area contributed by atoms with Crippen molar-refractivity contribution >= 4 is 16.3 Å². The fourth-order valence-corrected chi connectivity index (χ4v) is 3.08. The molecule has 0 amide bonds. The van der Waals surface area contributed by atoms with Crippen molar-refractivity contribution in [3.8, 4) is 0 Å². The molecule has 88 valence electrons. The van der Waals surface area contributed by atoms with Crippen LogP contribution in [0.25, 0.3) is 0 Å². The summed E-state index contributed by atoms with van der Waals surface area (Å²) in [6, 6.07) is 12.9. The molecular formula is C14H16N2S. The average molecular weight is 244 g/mol. The number of nitrogens with one attached hydrogen (secondary N) is 1. The number of anilines is 1. The second-order valence-electron chi connectivity index (χ2n) is 4.40. The molecule has 3 rings (SSSR count). The van der Waals surface area contributed by atoms with E-state index in [-0.39, 0.29) is 0 Å². The zero-order chi connectivity index (χ0) is 11.5. The lowest BCUT2D eigenvalue weighted by Crippen LogP contribution is -2.25. The van der Waals surface area contributed by atoms with Gasteiger partial charge in [0, 0.05) is 31.7 Å². The maximum absolute atomic E-state index is 3.50. The zero-order valence-corrected chi connectivity index (χ0v) is 10.5. The van der Waals surface area contributed by atoms with Gasteiger partial charge in [-0.05, 0) is 17.0 Å². The minimum atomic E-state index is 1.04. The van der Waals surface area contributed by atoms with Gasteiger partial charge in [0.25, 0.3) is 0 Å². The fourth-order valence-electron chi connectivity index (χ4n) is 2.24. The zero-order valence-electron chi connectivity index (χ0n) is 9.73. The first-order valence-electron chi connectivity index (χ1n) is 5.98. The Morgan fingerprint density at radius 2 is 2.06 bits per heavy atom. The Kier molecular flexibility index (Phi) is 3.12. The van der Waals surface area contributed by atoms with E-state index in [9.17, 15) is 0 Å². The molecule has 1 aliphatic rings. The first kappa shape index (κ1) is 10.8. The quantitative estimate of drug-likeness (QED) is 0.873. The molecule has 2 nitrogen and oxygen atoms in total. The van der Waals surface area contributed by atoms with Crippen LogP contribution in [0.4, 0.5) is 5.00 Å². The lowest BCUT2D eigenvalue weighted by Gasteiger charge is -2.19. The van der Waals surface area contributed by atoms with Gasteiger partial charge >= 0.3 is 0 Å². The number of rotatable bonds is 2. The van der Waals surface area contributed by atoms with Gasteiger partial charge in [-0.1, -0.05) is 30.3 Å². The Bertz CT molecular complexity index is 478. The van der Waals surface area contributed by atoms with Crippen molar-refractivity contribution < 1.29 is 0 Å². The van der Waals surface area contributed by atoms with Crippen LogP contribution in [-0.2, 0) is 13.1 Å². The Balaban J connectivity index is 1.73. The maximum atomic E-state index is 3.50. The van der Waals surface area contributed by atoms with Gasteiger partial charge in [-0.15, -0.1) is 11.3 Å². The van der Waals surface area contributed by atoms with Crippen LogP contribution >= 0.6 is 11.3 Å². The third-order valence-electron chi connectivity index (χ3n) is 3.10. The molecule has 0 saturated heterocycles. The van der Waals surface area contributed by atoms with Crippen LogP contribution in [0.1, 0.15) is 11.1 Å². The summed E-state index contributed by atoms with van der Waals surface area (Å²) in [7, 11) is 0. The summed E-state index contributed by atoms with van der Waals surface area (Å²) in [5.74, 6) is 0. The smallest absolute Gasteiger partial charge is 0.0928 e. The molecule has 2 aromatic rings. The molecule has 0 atom stereocenters. The second kappa shape index (κ2) is 4.90. The lowest BCUT2D eigenvalue weighted by molar-refractivity contribution is 0.272. The highest BCUT2D eigenvalue weighted by atomic mass is 32.1. The monoisotopic (exact) mass is 244 g/mol. The summed E-state index contributed by atoms with van der Waals surface area (Å²) < 4.78 is 0. The van der Waals surface area contributed by atoms with Crippen molar-refractivity contribution in [1.29, 1.82) is 0 Å². The van der Waals surface area contributed by atoms with Crippen LogP contribution in [0.5, 0.6) is 0 Å². The van der Waals surface area contributed by atoms with Gasteiger partial charge in [0.2, 0.25) is 0 Å². The molecule has 0 radical (unpaired) electrons. The van der Waals surface area contributed by atoms with Gasteiger partial charge in [0.05, 0.1) is 5.00 Å². The highest BCUT2D eigenvalue weighted by Crippen LogP contribution is 2.26. The first-order chi connectivity index (χ1) is 8.42. The highest BCUT2D eigenvalue weighted by Gasteiger charge is 2.14. The normalized spacial score (nSPS) is 16.0. The molecule has 0 fully saturated rings. The topological polar surface area (TPSA) is 15.3 Å². The number of fused-ring (bicyclic) bond motifs is 1. The van der Waals surface area contributed by atoms with Crippen LogP contribution < -0.4 is 5.32 Å². The van der Waals surface area contributed by atoms with Crippen LogP contribution in [0.15, 0.2) is 41.8 Å². The first-order valence-corrected chi connectivity index (χ1v) is 6.86. The summed E-state index contributed by atoms with van der Waals surface area (Å²) in [4.78, 5) is 2.50.